The average molecular weight is 612 g/mol. The van der Waals surface area contributed by atoms with Crippen LogP contribution < -0.4 is 9.80 Å². The summed E-state index contributed by atoms with van der Waals surface area (Å²) in [5, 5.41) is 21.9. The summed E-state index contributed by atoms with van der Waals surface area (Å²) in [6.45, 7) is 5.31. The van der Waals surface area contributed by atoms with E-state index in [1.807, 2.05) is 30.9 Å². The molecule has 1 atom stereocenters. The van der Waals surface area contributed by atoms with Gasteiger partial charge in [0.2, 0.25) is 0 Å². The van der Waals surface area contributed by atoms with Gasteiger partial charge in [0.1, 0.15) is 5.82 Å². The Morgan fingerprint density at radius 1 is 1.14 bits per heavy atom. The Morgan fingerprint density at radius 3 is 2.57 bits per heavy atom. The number of carboxylic acids is 1. The molecule has 0 amide bonds. The van der Waals surface area contributed by atoms with Crippen molar-refractivity contribution in [2.45, 2.75) is 84.1 Å². The number of aromatic nitrogens is 5. The van der Waals surface area contributed by atoms with Crippen LogP contribution in [0.25, 0.3) is 6.08 Å². The van der Waals surface area contributed by atoms with Gasteiger partial charge < -0.3 is 14.9 Å². The van der Waals surface area contributed by atoms with Crippen LogP contribution in [0, 0.1) is 18.8 Å². The van der Waals surface area contributed by atoms with Crippen molar-refractivity contribution in [1.29, 1.82) is 0 Å². The normalized spacial score (nSPS) is 20.9. The third kappa shape index (κ3) is 7.39. The molecular weight excluding hydrogens is 571 g/mol. The molecule has 1 saturated carbocycles. The van der Waals surface area contributed by atoms with E-state index in [1.54, 1.807) is 13.1 Å². The monoisotopic (exact) mass is 611 g/mol. The van der Waals surface area contributed by atoms with E-state index in [0.29, 0.717) is 30.0 Å². The molecule has 236 valence electrons. The van der Waals surface area contributed by atoms with Crippen molar-refractivity contribution in [3.05, 3.63) is 64.4 Å². The Kier molecular flexibility index (Phi) is 9.55. The third-order valence-corrected chi connectivity index (χ3v) is 8.87. The number of hydrogen-bond acceptors (Lipinski definition) is 7. The smallest absolute Gasteiger partial charge is 0.416 e. The maximum Gasteiger partial charge on any atom is 0.416 e. The molecule has 0 bridgehead atoms. The highest BCUT2D eigenvalue weighted by Crippen LogP contribution is 2.40. The number of aliphatic carboxylic acids is 1. The molecule has 1 N–H and O–H groups in total. The maximum absolute atomic E-state index is 13.5. The fourth-order valence-electron chi connectivity index (χ4n) is 6.81. The summed E-state index contributed by atoms with van der Waals surface area (Å²) in [4.78, 5) is 22.0. The summed E-state index contributed by atoms with van der Waals surface area (Å²) in [5.41, 5.74) is 2.61. The van der Waals surface area contributed by atoms with Crippen LogP contribution in [0.4, 0.5) is 24.9 Å². The second-order valence-corrected chi connectivity index (χ2v) is 12.1. The lowest BCUT2D eigenvalue weighted by Gasteiger charge is -2.38. The molecule has 1 aliphatic heterocycles. The SMILES string of the molecule is C/C=C\c1nc(N2CCC[C@@H]2C2CCC(CC(=O)O)CC2)c(CN(Cc2cccc(C(F)(F)F)c2)c2nnn(C)n2)cc1C. The number of anilines is 2. The Bertz CT molecular complexity index is 1480. The van der Waals surface area contributed by atoms with Crippen molar-refractivity contribution in [2.24, 2.45) is 18.9 Å². The Balaban J connectivity index is 1.47. The number of rotatable bonds is 10. The fraction of sp³-hybridized carbons (Fsp3) is 0.531. The summed E-state index contributed by atoms with van der Waals surface area (Å²) >= 11 is 0. The van der Waals surface area contributed by atoms with Gasteiger partial charge in [0.05, 0.1) is 18.3 Å². The zero-order valence-corrected chi connectivity index (χ0v) is 25.5. The van der Waals surface area contributed by atoms with Gasteiger partial charge in [-0.1, -0.05) is 23.3 Å². The highest BCUT2D eigenvalue weighted by molar-refractivity contribution is 5.67. The Labute approximate surface area is 255 Å². The molecule has 2 aromatic heterocycles. The first-order valence-corrected chi connectivity index (χ1v) is 15.3. The summed E-state index contributed by atoms with van der Waals surface area (Å²) < 4.78 is 40.6. The molecule has 1 aromatic carbocycles. The summed E-state index contributed by atoms with van der Waals surface area (Å²) in [6, 6.07) is 7.74. The van der Waals surface area contributed by atoms with E-state index < -0.39 is 17.7 Å². The van der Waals surface area contributed by atoms with Gasteiger partial charge in [-0.3, -0.25) is 4.79 Å². The van der Waals surface area contributed by atoms with Crippen molar-refractivity contribution in [2.75, 3.05) is 16.3 Å². The maximum atomic E-state index is 13.5. The Hall–Kier alpha value is -3.96. The number of alkyl halides is 3. The minimum atomic E-state index is -4.44. The minimum Gasteiger partial charge on any atom is -0.481 e. The average Bonchev–Trinajstić information content (AvgIpc) is 3.63. The first kappa shape index (κ1) is 31.5. The predicted molar refractivity (Wildman–Crippen MR) is 162 cm³/mol. The van der Waals surface area contributed by atoms with E-state index in [0.717, 1.165) is 73.8 Å². The van der Waals surface area contributed by atoms with Crippen LogP contribution >= 0.6 is 0 Å². The molecule has 0 spiro atoms. The molecule has 2 fully saturated rings. The second kappa shape index (κ2) is 13.4. The van der Waals surface area contributed by atoms with Crippen LogP contribution in [0.5, 0.6) is 0 Å². The Morgan fingerprint density at radius 2 is 1.91 bits per heavy atom. The van der Waals surface area contributed by atoms with Gasteiger partial charge in [-0.2, -0.15) is 18.0 Å². The van der Waals surface area contributed by atoms with E-state index >= 15 is 0 Å². The quantitative estimate of drug-likeness (QED) is 0.280. The number of nitrogens with zero attached hydrogens (tertiary/aromatic N) is 7. The summed E-state index contributed by atoms with van der Waals surface area (Å²) in [7, 11) is 1.65. The first-order chi connectivity index (χ1) is 21.0. The largest absolute Gasteiger partial charge is 0.481 e. The van der Waals surface area contributed by atoms with Crippen LogP contribution in [0.3, 0.4) is 0 Å². The van der Waals surface area contributed by atoms with E-state index in [4.69, 9.17) is 4.98 Å². The molecule has 3 aromatic rings. The number of allylic oxidation sites excluding steroid dienone is 1. The van der Waals surface area contributed by atoms with Crippen LogP contribution in [-0.2, 0) is 31.1 Å². The first-order valence-electron chi connectivity index (χ1n) is 15.3. The number of aryl methyl sites for hydroxylation is 2. The summed E-state index contributed by atoms with van der Waals surface area (Å²) in [5.74, 6) is 1.15. The van der Waals surface area contributed by atoms with Crippen LogP contribution in [0.2, 0.25) is 0 Å². The highest BCUT2D eigenvalue weighted by Gasteiger charge is 2.37. The molecule has 3 heterocycles. The van der Waals surface area contributed by atoms with Gasteiger partial charge >= 0.3 is 12.1 Å². The van der Waals surface area contributed by atoms with Gasteiger partial charge in [-0.25, -0.2) is 4.98 Å². The van der Waals surface area contributed by atoms with Crippen LogP contribution in [0.1, 0.15) is 79.8 Å². The molecule has 44 heavy (non-hydrogen) atoms. The van der Waals surface area contributed by atoms with Crippen molar-refractivity contribution < 1.29 is 23.1 Å². The van der Waals surface area contributed by atoms with Gasteiger partial charge in [0, 0.05) is 37.7 Å². The van der Waals surface area contributed by atoms with Crippen molar-refractivity contribution >= 4 is 23.8 Å². The van der Waals surface area contributed by atoms with E-state index in [2.05, 4.69) is 26.4 Å². The topological polar surface area (TPSA) is 100 Å². The lowest BCUT2D eigenvalue weighted by atomic mass is 9.76. The van der Waals surface area contributed by atoms with E-state index in [-0.39, 0.29) is 18.9 Å². The van der Waals surface area contributed by atoms with Crippen molar-refractivity contribution in [1.82, 2.24) is 25.2 Å². The molecule has 2 aliphatic rings. The number of carbonyl (C=O) groups is 1. The highest BCUT2D eigenvalue weighted by atomic mass is 19.4. The number of carboxylic acid groups (broad SMARTS) is 1. The van der Waals surface area contributed by atoms with Crippen molar-refractivity contribution in [3.8, 4) is 0 Å². The van der Waals surface area contributed by atoms with Crippen LogP contribution in [0.15, 0.2) is 36.4 Å². The molecule has 0 radical (unpaired) electrons. The van der Waals surface area contributed by atoms with Gasteiger partial charge in [0.25, 0.3) is 5.95 Å². The standard InChI is InChI=1S/C32H40F3N7O2/c1-4-7-27-21(2)16-25(30(36-27)42-15-6-10-28(42)24-13-11-22(12-14-24)18-29(43)44)20-41(31-37-39-40(3)38-31)19-23-8-5-9-26(17-23)32(33,34)35/h4-5,7-9,16-17,22,24,28H,6,10-15,18-20H2,1-3H3,(H,43,44)/b7-4-/t22?,24?,28-/m1/s1. The molecular formula is C32H40F3N7O2. The van der Waals surface area contributed by atoms with Gasteiger partial charge in [-0.05, 0) is 105 Å². The zero-order valence-electron chi connectivity index (χ0n) is 25.5. The second-order valence-electron chi connectivity index (χ2n) is 12.1. The van der Waals surface area contributed by atoms with E-state index in [9.17, 15) is 23.1 Å². The number of hydrogen-bond donors (Lipinski definition) is 1. The summed E-state index contributed by atoms with van der Waals surface area (Å²) in [6.07, 6.45) is 5.65. The van der Waals surface area contributed by atoms with Gasteiger partial charge in [0.15, 0.2) is 0 Å². The number of pyridine rings is 1. The third-order valence-electron chi connectivity index (χ3n) is 8.87. The number of halogens is 3. The fourth-order valence-corrected chi connectivity index (χ4v) is 6.81. The lowest BCUT2D eigenvalue weighted by Crippen LogP contribution is -2.39. The van der Waals surface area contributed by atoms with Crippen molar-refractivity contribution in [3.63, 3.8) is 0 Å². The molecule has 9 nitrogen and oxygen atoms in total. The van der Waals surface area contributed by atoms with Gasteiger partial charge in [-0.15, -0.1) is 5.10 Å². The predicted octanol–water partition coefficient (Wildman–Crippen LogP) is 6.42. The number of tetrazole rings is 1. The molecule has 12 heteroatoms. The molecule has 1 saturated heterocycles. The van der Waals surface area contributed by atoms with Crippen LogP contribution in [-0.4, -0.2) is 48.9 Å². The lowest BCUT2D eigenvalue weighted by molar-refractivity contribution is -0.139. The minimum absolute atomic E-state index is 0.154. The number of benzene rings is 1. The molecule has 5 rings (SSSR count). The zero-order chi connectivity index (χ0) is 31.4. The molecule has 1 aliphatic carbocycles. The molecule has 0 unspecified atom stereocenters. The van der Waals surface area contributed by atoms with E-state index in [1.165, 1.54) is 16.9 Å².